The second kappa shape index (κ2) is 22.0. The van der Waals surface area contributed by atoms with Crippen LogP contribution in [0.2, 0.25) is 5.02 Å². The van der Waals surface area contributed by atoms with Crippen molar-refractivity contribution in [2.75, 3.05) is 7.18 Å². The molecule has 19 heavy (non-hydrogen) atoms. The summed E-state index contributed by atoms with van der Waals surface area (Å²) >= 11 is 5.72. The topological polar surface area (TPSA) is 0 Å². The Hall–Kier alpha value is -1.26. The smallest absolute Gasteiger partial charge is 0.0785 e. The predicted molar refractivity (Wildman–Crippen MR) is 87.5 cm³/mol. The fourth-order valence-electron chi connectivity index (χ4n) is 0.823. The zero-order valence-corrected chi connectivity index (χ0v) is 13.5. The summed E-state index contributed by atoms with van der Waals surface area (Å²) in [6, 6.07) is 7.59. The van der Waals surface area contributed by atoms with Gasteiger partial charge in [0.05, 0.1) is 7.18 Å². The van der Waals surface area contributed by atoms with E-state index < -0.39 is 0 Å². The number of allylic oxidation sites excluding steroid dienone is 1. The highest BCUT2D eigenvalue weighted by molar-refractivity contribution is 6.30. The van der Waals surface area contributed by atoms with Crippen molar-refractivity contribution in [2.45, 2.75) is 40.5 Å². The average molecular weight is 285 g/mol. The molecule has 1 aromatic carbocycles. The molecule has 0 bridgehead atoms. The minimum atomic E-state index is 0.500. The second-order valence-corrected chi connectivity index (χ2v) is 3.40. The van der Waals surface area contributed by atoms with E-state index in [-0.39, 0.29) is 0 Å². The van der Waals surface area contributed by atoms with Crippen molar-refractivity contribution in [1.29, 1.82) is 0 Å². The Morgan fingerprint density at radius 1 is 1.21 bits per heavy atom. The lowest BCUT2D eigenvalue weighted by Crippen LogP contribution is -1.72. The summed E-state index contributed by atoms with van der Waals surface area (Å²) in [4.78, 5) is 0. The van der Waals surface area contributed by atoms with Crippen molar-refractivity contribution < 1.29 is 4.39 Å². The predicted octanol–water partition coefficient (Wildman–Crippen LogP) is 6.30. The molecule has 0 unspecified atom stereocenters. The van der Waals surface area contributed by atoms with Gasteiger partial charge in [-0.1, -0.05) is 50.3 Å². The van der Waals surface area contributed by atoms with Crippen LogP contribution in [-0.4, -0.2) is 7.18 Å². The Morgan fingerprint density at radius 2 is 1.63 bits per heavy atom. The van der Waals surface area contributed by atoms with E-state index in [4.69, 9.17) is 11.6 Å². The van der Waals surface area contributed by atoms with Gasteiger partial charge in [-0.25, -0.2) is 0 Å². The first-order valence-corrected chi connectivity index (χ1v) is 6.81. The van der Waals surface area contributed by atoms with Gasteiger partial charge in [-0.2, -0.15) is 0 Å². The molecule has 0 saturated carbocycles. The van der Waals surface area contributed by atoms with Gasteiger partial charge in [0.1, 0.15) is 0 Å². The Labute approximate surface area is 123 Å². The number of rotatable bonds is 1. The first kappa shape index (κ1) is 22.9. The Kier molecular flexibility index (Phi) is 26.5. The van der Waals surface area contributed by atoms with Crippen LogP contribution in [0.4, 0.5) is 4.39 Å². The third-order valence-electron chi connectivity index (χ3n) is 1.45. The third-order valence-corrected chi connectivity index (χ3v) is 1.70. The number of benzene rings is 1. The fourth-order valence-corrected chi connectivity index (χ4v) is 0.949. The molecule has 0 heterocycles. The summed E-state index contributed by atoms with van der Waals surface area (Å²) < 4.78 is 9.50. The maximum Gasteiger partial charge on any atom is 0.0785 e. The monoisotopic (exact) mass is 284 g/mol. The quantitative estimate of drug-likeness (QED) is 0.419. The van der Waals surface area contributed by atoms with Crippen LogP contribution < -0.4 is 0 Å². The fraction of sp³-hybridized carbons (Fsp3) is 0.412. The molecule has 0 spiro atoms. The maximum absolute atomic E-state index is 9.50. The van der Waals surface area contributed by atoms with Gasteiger partial charge in [0, 0.05) is 17.0 Å². The molecule has 0 aliphatic rings. The molecule has 0 atom stereocenters. The van der Waals surface area contributed by atoms with Gasteiger partial charge in [0.2, 0.25) is 0 Å². The Morgan fingerprint density at radius 3 is 2.00 bits per heavy atom. The SMILES string of the molecule is C=CC.CC.CCCC#Cc1ccc(Cl)cc1.CF. The van der Waals surface area contributed by atoms with Gasteiger partial charge in [-0.15, -0.1) is 6.58 Å². The van der Waals surface area contributed by atoms with Crippen molar-refractivity contribution in [2.24, 2.45) is 0 Å². The average Bonchev–Trinajstić information content (AvgIpc) is 2.47. The molecular formula is C17H26ClF. The van der Waals surface area contributed by atoms with Gasteiger partial charge in [-0.05, 0) is 37.6 Å². The van der Waals surface area contributed by atoms with E-state index in [1.807, 2.05) is 45.0 Å². The highest BCUT2D eigenvalue weighted by Gasteiger charge is 1.85. The standard InChI is InChI=1S/C11H11Cl.C3H6.C2H6.CH3F/c1-2-3-4-5-10-6-8-11(12)9-7-10;1-3-2;2*1-2/h6-9H,2-3H2,1H3;3H,1H2,2H3;1-2H3;1H3. The summed E-state index contributed by atoms with van der Waals surface area (Å²) in [6.45, 7) is 11.4. The lowest BCUT2D eigenvalue weighted by atomic mass is 10.2. The largest absolute Gasteiger partial charge is 0.255 e. The number of halogens is 2. The molecule has 0 saturated heterocycles. The lowest BCUT2D eigenvalue weighted by Gasteiger charge is -1.89. The molecule has 0 nitrogen and oxygen atoms in total. The van der Waals surface area contributed by atoms with Crippen LogP contribution in [0.15, 0.2) is 36.9 Å². The molecule has 1 rings (SSSR count). The summed E-state index contributed by atoms with van der Waals surface area (Å²) in [6.07, 6.45) is 3.82. The van der Waals surface area contributed by atoms with E-state index in [0.29, 0.717) is 7.18 Å². The van der Waals surface area contributed by atoms with E-state index in [2.05, 4.69) is 25.3 Å². The first-order chi connectivity index (χ1) is 9.24. The van der Waals surface area contributed by atoms with E-state index >= 15 is 0 Å². The highest BCUT2D eigenvalue weighted by Crippen LogP contribution is 2.08. The van der Waals surface area contributed by atoms with E-state index in [9.17, 15) is 4.39 Å². The van der Waals surface area contributed by atoms with Crippen LogP contribution in [0.25, 0.3) is 0 Å². The number of unbranched alkanes of at least 4 members (excludes halogenated alkanes) is 1. The van der Waals surface area contributed by atoms with Crippen LogP contribution >= 0.6 is 11.6 Å². The summed E-state index contributed by atoms with van der Waals surface area (Å²) in [5, 5.41) is 0.760. The molecule has 0 amide bonds. The second-order valence-electron chi connectivity index (χ2n) is 2.97. The summed E-state index contributed by atoms with van der Waals surface area (Å²) in [5.41, 5.74) is 1.04. The molecule has 0 aliphatic heterocycles. The molecule has 1 aromatic rings. The number of hydrogen-bond acceptors (Lipinski definition) is 0. The minimum Gasteiger partial charge on any atom is -0.255 e. The molecular weight excluding hydrogens is 259 g/mol. The van der Waals surface area contributed by atoms with Crippen molar-refractivity contribution >= 4 is 11.6 Å². The van der Waals surface area contributed by atoms with Gasteiger partial charge >= 0.3 is 0 Å². The van der Waals surface area contributed by atoms with Crippen LogP contribution in [0.5, 0.6) is 0 Å². The van der Waals surface area contributed by atoms with Crippen LogP contribution in [0.1, 0.15) is 46.1 Å². The van der Waals surface area contributed by atoms with Gasteiger partial charge in [0.15, 0.2) is 0 Å². The Bertz CT molecular complexity index is 331. The van der Waals surface area contributed by atoms with Gasteiger partial charge in [-0.3, -0.25) is 4.39 Å². The minimum absolute atomic E-state index is 0.500. The lowest BCUT2D eigenvalue weighted by molar-refractivity contribution is 0.636. The number of hydrogen-bond donors (Lipinski definition) is 0. The van der Waals surface area contributed by atoms with E-state index in [1.165, 1.54) is 0 Å². The molecule has 0 aliphatic carbocycles. The summed E-state index contributed by atoms with van der Waals surface area (Å²) in [7, 11) is 0.500. The van der Waals surface area contributed by atoms with Crippen LogP contribution in [-0.2, 0) is 0 Å². The third kappa shape index (κ3) is 19.3. The summed E-state index contributed by atoms with van der Waals surface area (Å²) in [5.74, 6) is 6.14. The van der Waals surface area contributed by atoms with Crippen molar-refractivity contribution in [3.05, 3.63) is 47.5 Å². The molecule has 0 N–H and O–H groups in total. The van der Waals surface area contributed by atoms with Gasteiger partial charge in [0.25, 0.3) is 0 Å². The normalized spacial score (nSPS) is 6.89. The molecule has 0 fully saturated rings. The van der Waals surface area contributed by atoms with Crippen molar-refractivity contribution in [1.82, 2.24) is 0 Å². The van der Waals surface area contributed by atoms with Gasteiger partial charge < -0.3 is 0 Å². The maximum atomic E-state index is 9.50. The van der Waals surface area contributed by atoms with E-state index in [0.717, 1.165) is 23.4 Å². The molecule has 0 radical (unpaired) electrons. The zero-order valence-electron chi connectivity index (χ0n) is 12.8. The molecule has 108 valence electrons. The van der Waals surface area contributed by atoms with E-state index in [1.54, 1.807) is 6.08 Å². The zero-order chi connectivity index (χ0) is 15.5. The first-order valence-electron chi connectivity index (χ1n) is 6.43. The van der Waals surface area contributed by atoms with Crippen molar-refractivity contribution in [3.8, 4) is 11.8 Å². The number of alkyl halides is 1. The molecule has 2 heteroatoms. The van der Waals surface area contributed by atoms with Crippen LogP contribution in [0, 0.1) is 11.8 Å². The van der Waals surface area contributed by atoms with Crippen molar-refractivity contribution in [3.63, 3.8) is 0 Å². The highest BCUT2D eigenvalue weighted by atomic mass is 35.5. The molecule has 0 aromatic heterocycles. The van der Waals surface area contributed by atoms with Crippen LogP contribution in [0.3, 0.4) is 0 Å². The Balaban J connectivity index is -0.000000313.